The number of thiazole rings is 1. The molecule has 23 heavy (non-hydrogen) atoms. The highest BCUT2D eigenvalue weighted by atomic mass is 32.1. The summed E-state index contributed by atoms with van der Waals surface area (Å²) in [7, 11) is 0. The van der Waals surface area contributed by atoms with Crippen molar-refractivity contribution in [2.45, 2.75) is 19.8 Å². The number of aromatic nitrogens is 1. The van der Waals surface area contributed by atoms with E-state index in [1.165, 1.54) is 16.9 Å². The lowest BCUT2D eigenvalue weighted by Crippen LogP contribution is -2.40. The topological polar surface area (TPSA) is 70.5 Å². The SMILES string of the molecule is Cc1ccc(-c2nc(C(=O)N3CCC(C(=O)O)CC3)cs2)cc1. The molecule has 1 fully saturated rings. The lowest BCUT2D eigenvalue weighted by atomic mass is 9.97. The lowest BCUT2D eigenvalue weighted by Gasteiger charge is -2.29. The highest BCUT2D eigenvalue weighted by Gasteiger charge is 2.28. The van der Waals surface area contributed by atoms with Gasteiger partial charge in [-0.3, -0.25) is 9.59 Å². The fourth-order valence-corrected chi connectivity index (χ4v) is 3.49. The summed E-state index contributed by atoms with van der Waals surface area (Å²) in [6, 6.07) is 8.05. The largest absolute Gasteiger partial charge is 0.481 e. The van der Waals surface area contributed by atoms with E-state index in [0.29, 0.717) is 31.6 Å². The van der Waals surface area contributed by atoms with E-state index in [9.17, 15) is 9.59 Å². The summed E-state index contributed by atoms with van der Waals surface area (Å²) in [5, 5.41) is 11.6. The Hall–Kier alpha value is -2.21. The summed E-state index contributed by atoms with van der Waals surface area (Å²) in [6.07, 6.45) is 1.02. The van der Waals surface area contributed by atoms with Gasteiger partial charge in [0.05, 0.1) is 5.92 Å². The molecular formula is C17H18N2O3S. The van der Waals surface area contributed by atoms with Gasteiger partial charge in [0, 0.05) is 24.0 Å². The molecule has 0 spiro atoms. The molecule has 1 saturated heterocycles. The van der Waals surface area contributed by atoms with E-state index in [2.05, 4.69) is 4.98 Å². The van der Waals surface area contributed by atoms with Crippen LogP contribution in [-0.2, 0) is 4.79 Å². The quantitative estimate of drug-likeness (QED) is 0.939. The Kier molecular flexibility index (Phi) is 4.43. The second-order valence-electron chi connectivity index (χ2n) is 5.81. The monoisotopic (exact) mass is 330 g/mol. The molecule has 1 aromatic carbocycles. The fraction of sp³-hybridized carbons (Fsp3) is 0.353. The van der Waals surface area contributed by atoms with E-state index < -0.39 is 5.97 Å². The molecule has 0 radical (unpaired) electrons. The third-order valence-electron chi connectivity index (χ3n) is 4.15. The summed E-state index contributed by atoms with van der Waals surface area (Å²) in [5.41, 5.74) is 2.63. The van der Waals surface area contributed by atoms with Crippen LogP contribution in [0.5, 0.6) is 0 Å². The van der Waals surface area contributed by atoms with Crippen LogP contribution in [0.25, 0.3) is 10.6 Å². The molecule has 0 atom stereocenters. The number of aryl methyl sites for hydroxylation is 1. The molecule has 5 nitrogen and oxygen atoms in total. The number of nitrogens with zero attached hydrogens (tertiary/aromatic N) is 2. The Morgan fingerprint density at radius 1 is 1.22 bits per heavy atom. The van der Waals surface area contributed by atoms with Gasteiger partial charge in [0.2, 0.25) is 0 Å². The van der Waals surface area contributed by atoms with Crippen molar-refractivity contribution in [1.82, 2.24) is 9.88 Å². The van der Waals surface area contributed by atoms with Crippen LogP contribution in [0.4, 0.5) is 0 Å². The number of carboxylic acid groups (broad SMARTS) is 1. The van der Waals surface area contributed by atoms with Crippen LogP contribution in [0.2, 0.25) is 0 Å². The van der Waals surface area contributed by atoms with E-state index in [0.717, 1.165) is 10.6 Å². The molecule has 1 aromatic heterocycles. The molecule has 3 rings (SSSR count). The van der Waals surface area contributed by atoms with Crippen molar-refractivity contribution >= 4 is 23.2 Å². The summed E-state index contributed by atoms with van der Waals surface area (Å²) in [6.45, 7) is 2.99. The van der Waals surface area contributed by atoms with Crippen molar-refractivity contribution in [2.75, 3.05) is 13.1 Å². The maximum Gasteiger partial charge on any atom is 0.306 e. The number of hydrogen-bond acceptors (Lipinski definition) is 4. The van der Waals surface area contributed by atoms with Crippen LogP contribution in [0, 0.1) is 12.8 Å². The van der Waals surface area contributed by atoms with Gasteiger partial charge in [-0.25, -0.2) is 4.98 Å². The van der Waals surface area contributed by atoms with Crippen molar-refractivity contribution in [3.05, 3.63) is 40.9 Å². The number of hydrogen-bond donors (Lipinski definition) is 1. The number of rotatable bonds is 3. The number of amides is 1. The first-order valence-electron chi connectivity index (χ1n) is 7.59. The Morgan fingerprint density at radius 3 is 2.48 bits per heavy atom. The molecule has 1 aliphatic heterocycles. The number of likely N-dealkylation sites (tertiary alicyclic amines) is 1. The predicted molar refractivity (Wildman–Crippen MR) is 88.6 cm³/mol. The van der Waals surface area contributed by atoms with Gasteiger partial charge in [-0.1, -0.05) is 29.8 Å². The second-order valence-corrected chi connectivity index (χ2v) is 6.67. The van der Waals surface area contributed by atoms with E-state index >= 15 is 0 Å². The molecule has 2 heterocycles. The minimum Gasteiger partial charge on any atom is -0.481 e. The molecule has 0 unspecified atom stereocenters. The highest BCUT2D eigenvalue weighted by molar-refractivity contribution is 7.13. The van der Waals surface area contributed by atoms with E-state index in [1.807, 2.05) is 31.2 Å². The van der Waals surface area contributed by atoms with Crippen LogP contribution in [-0.4, -0.2) is 40.0 Å². The molecule has 1 N–H and O–H groups in total. The Balaban J connectivity index is 1.69. The minimum absolute atomic E-state index is 0.108. The minimum atomic E-state index is -0.771. The zero-order chi connectivity index (χ0) is 16.4. The first-order chi connectivity index (χ1) is 11.0. The zero-order valence-electron chi connectivity index (χ0n) is 12.9. The van der Waals surface area contributed by atoms with Crippen LogP contribution in [0.15, 0.2) is 29.6 Å². The van der Waals surface area contributed by atoms with Gasteiger partial charge in [0.15, 0.2) is 0 Å². The van der Waals surface area contributed by atoms with E-state index in [4.69, 9.17) is 5.11 Å². The molecule has 0 saturated carbocycles. The van der Waals surface area contributed by atoms with Crippen molar-refractivity contribution in [3.8, 4) is 10.6 Å². The van der Waals surface area contributed by atoms with Gasteiger partial charge in [-0.15, -0.1) is 11.3 Å². The standard InChI is InChI=1S/C17H18N2O3S/c1-11-2-4-12(5-3-11)15-18-14(10-23-15)16(20)19-8-6-13(7-9-19)17(21)22/h2-5,10,13H,6-9H2,1H3,(H,21,22). The van der Waals surface area contributed by atoms with Gasteiger partial charge in [-0.2, -0.15) is 0 Å². The Bertz CT molecular complexity index is 716. The summed E-state index contributed by atoms with van der Waals surface area (Å²) in [4.78, 5) is 29.6. The van der Waals surface area contributed by atoms with Gasteiger partial charge in [0.25, 0.3) is 5.91 Å². The number of carbonyl (C=O) groups is 2. The Labute approximate surface area is 138 Å². The van der Waals surface area contributed by atoms with Gasteiger partial charge >= 0.3 is 5.97 Å². The number of benzene rings is 1. The Morgan fingerprint density at radius 2 is 1.87 bits per heavy atom. The predicted octanol–water partition coefficient (Wildman–Crippen LogP) is 3.06. The van der Waals surface area contributed by atoms with Crippen molar-refractivity contribution < 1.29 is 14.7 Å². The molecule has 2 aromatic rings. The summed E-state index contributed by atoms with van der Waals surface area (Å²) >= 11 is 1.45. The molecule has 0 aliphatic carbocycles. The van der Waals surface area contributed by atoms with Crippen molar-refractivity contribution in [3.63, 3.8) is 0 Å². The molecule has 6 heteroatoms. The number of aliphatic carboxylic acids is 1. The average molecular weight is 330 g/mol. The second kappa shape index (κ2) is 6.50. The average Bonchev–Trinajstić information content (AvgIpc) is 3.05. The lowest BCUT2D eigenvalue weighted by molar-refractivity contribution is -0.143. The smallest absolute Gasteiger partial charge is 0.306 e. The van der Waals surface area contributed by atoms with Gasteiger partial charge in [0.1, 0.15) is 10.7 Å². The van der Waals surface area contributed by atoms with Gasteiger partial charge < -0.3 is 10.0 Å². The summed E-state index contributed by atoms with van der Waals surface area (Å²) < 4.78 is 0. The fourth-order valence-electron chi connectivity index (χ4n) is 2.69. The number of carboxylic acids is 1. The third kappa shape index (κ3) is 3.42. The highest BCUT2D eigenvalue weighted by Crippen LogP contribution is 2.25. The molecule has 120 valence electrons. The van der Waals surface area contributed by atoms with Gasteiger partial charge in [-0.05, 0) is 19.8 Å². The maximum absolute atomic E-state index is 12.5. The maximum atomic E-state index is 12.5. The normalized spacial score (nSPS) is 15.6. The molecule has 1 aliphatic rings. The van der Waals surface area contributed by atoms with Crippen LogP contribution in [0.3, 0.4) is 0 Å². The first kappa shape index (κ1) is 15.7. The van der Waals surface area contributed by atoms with Crippen LogP contribution < -0.4 is 0 Å². The van der Waals surface area contributed by atoms with Crippen molar-refractivity contribution in [1.29, 1.82) is 0 Å². The molecule has 0 bridgehead atoms. The summed E-state index contributed by atoms with van der Waals surface area (Å²) in [5.74, 6) is -1.21. The molecule has 1 amide bonds. The first-order valence-corrected chi connectivity index (χ1v) is 8.47. The van der Waals surface area contributed by atoms with Crippen molar-refractivity contribution in [2.24, 2.45) is 5.92 Å². The van der Waals surface area contributed by atoms with E-state index in [1.54, 1.807) is 10.3 Å². The number of piperidine rings is 1. The third-order valence-corrected chi connectivity index (χ3v) is 5.04. The number of carbonyl (C=O) groups excluding carboxylic acids is 1. The van der Waals surface area contributed by atoms with E-state index in [-0.39, 0.29) is 11.8 Å². The van der Waals surface area contributed by atoms with Crippen LogP contribution >= 0.6 is 11.3 Å². The zero-order valence-corrected chi connectivity index (χ0v) is 13.7. The van der Waals surface area contributed by atoms with Crippen LogP contribution in [0.1, 0.15) is 28.9 Å². The molecular weight excluding hydrogens is 312 g/mol.